The highest BCUT2D eigenvalue weighted by atomic mass is 35.5. The molecule has 0 aromatic heterocycles. The first kappa shape index (κ1) is 25.3. The number of carbonyl (C=O) groups excluding carboxylic acids is 3. The monoisotopic (exact) mass is 496 g/mol. The summed E-state index contributed by atoms with van der Waals surface area (Å²) < 4.78 is 5.36. The Morgan fingerprint density at radius 2 is 1.85 bits per heavy atom. The number of rotatable bonds is 6. The quantitative estimate of drug-likeness (QED) is 0.610. The topological polar surface area (TPSA) is 82.2 Å². The van der Waals surface area contributed by atoms with Gasteiger partial charge in [0.25, 0.3) is 0 Å². The molecule has 1 aromatic rings. The Morgan fingerprint density at radius 1 is 1.18 bits per heavy atom. The highest BCUT2D eigenvalue weighted by Gasteiger charge is 2.38. The number of ether oxygens (including phenoxy) is 1. The maximum absolute atomic E-state index is 13.1. The van der Waals surface area contributed by atoms with E-state index in [1.54, 1.807) is 32.2 Å². The normalized spacial score (nSPS) is 19.7. The Morgan fingerprint density at radius 3 is 2.45 bits per heavy atom. The van der Waals surface area contributed by atoms with Gasteiger partial charge in [-0.3, -0.25) is 14.6 Å². The first-order valence-corrected chi connectivity index (χ1v) is 11.8. The predicted octanol–water partition coefficient (Wildman–Crippen LogP) is 3.31. The van der Waals surface area contributed by atoms with Crippen LogP contribution in [0, 0.1) is 5.92 Å². The Kier molecular flexibility index (Phi) is 8.26. The molecule has 1 fully saturated rings. The minimum atomic E-state index is -0.794. The number of urea groups is 1. The van der Waals surface area contributed by atoms with E-state index in [0.29, 0.717) is 54.6 Å². The molecular weight excluding hydrogens is 467 g/mol. The summed E-state index contributed by atoms with van der Waals surface area (Å²) in [4.78, 5) is 43.7. The average molecular weight is 497 g/mol. The third-order valence-corrected chi connectivity index (χ3v) is 6.75. The molecule has 1 unspecified atom stereocenters. The number of nitrogens with zero attached hydrogens (tertiary/aromatic N) is 3. The number of benzene rings is 1. The fourth-order valence-corrected chi connectivity index (χ4v) is 4.50. The van der Waals surface area contributed by atoms with Gasteiger partial charge < -0.3 is 15.0 Å². The van der Waals surface area contributed by atoms with Crippen LogP contribution in [0.15, 0.2) is 29.5 Å². The SMILES string of the molecule is CCOC(=O)C1=C(CN2CCN(C(=O)C(C)C)CC2)N(C)C(=O)NC1c1cccc(Cl)c1Cl. The summed E-state index contributed by atoms with van der Waals surface area (Å²) in [5, 5.41) is 3.46. The third kappa shape index (κ3) is 5.45. The van der Waals surface area contributed by atoms with Gasteiger partial charge in [-0.15, -0.1) is 0 Å². The molecule has 3 rings (SSSR count). The van der Waals surface area contributed by atoms with Gasteiger partial charge in [-0.25, -0.2) is 9.59 Å². The van der Waals surface area contributed by atoms with Crippen molar-refractivity contribution in [1.82, 2.24) is 20.0 Å². The Balaban J connectivity index is 1.95. The first-order valence-electron chi connectivity index (χ1n) is 11.0. The van der Waals surface area contributed by atoms with Crippen LogP contribution < -0.4 is 5.32 Å². The van der Waals surface area contributed by atoms with Crippen LogP contribution in [-0.4, -0.2) is 79.0 Å². The van der Waals surface area contributed by atoms with Gasteiger partial charge in [-0.2, -0.15) is 0 Å². The van der Waals surface area contributed by atoms with Gasteiger partial charge in [0.1, 0.15) is 0 Å². The van der Waals surface area contributed by atoms with Crippen LogP contribution in [0.1, 0.15) is 32.4 Å². The van der Waals surface area contributed by atoms with Crippen molar-refractivity contribution >= 4 is 41.1 Å². The Hall–Kier alpha value is -2.29. The standard InChI is InChI=1S/C23H30Cl2N4O4/c1-5-33-22(31)18-17(13-28-9-11-29(12-10-28)21(30)14(2)3)27(4)23(32)26-20(18)15-7-6-8-16(24)19(15)25/h6-8,14,20H,5,9-13H2,1-4H3,(H,26,32). The average Bonchev–Trinajstić information content (AvgIpc) is 2.78. The summed E-state index contributed by atoms with van der Waals surface area (Å²) in [6.45, 7) is 8.53. The molecule has 3 amide bonds. The third-order valence-electron chi connectivity index (χ3n) is 5.92. The maximum Gasteiger partial charge on any atom is 0.338 e. The second kappa shape index (κ2) is 10.8. The molecule has 1 atom stereocenters. The lowest BCUT2D eigenvalue weighted by Crippen LogP contribution is -2.53. The fraction of sp³-hybridized carbons (Fsp3) is 0.522. The zero-order valence-electron chi connectivity index (χ0n) is 19.4. The highest BCUT2D eigenvalue weighted by molar-refractivity contribution is 6.42. The van der Waals surface area contributed by atoms with Crippen molar-refractivity contribution < 1.29 is 19.1 Å². The summed E-state index contributed by atoms with van der Waals surface area (Å²) in [6, 6.07) is 3.96. The molecule has 1 N–H and O–H groups in total. The molecule has 0 radical (unpaired) electrons. The molecule has 180 valence electrons. The van der Waals surface area contributed by atoms with Crippen LogP contribution in [0.4, 0.5) is 4.79 Å². The van der Waals surface area contributed by atoms with E-state index in [1.807, 2.05) is 18.7 Å². The van der Waals surface area contributed by atoms with Crippen LogP contribution >= 0.6 is 23.2 Å². The first-order chi connectivity index (χ1) is 15.6. The van der Waals surface area contributed by atoms with Gasteiger partial charge in [0.15, 0.2) is 0 Å². The van der Waals surface area contributed by atoms with Crippen LogP contribution in [0.5, 0.6) is 0 Å². The second-order valence-electron chi connectivity index (χ2n) is 8.42. The summed E-state index contributed by atoms with van der Waals surface area (Å²) in [5.41, 5.74) is 1.39. The van der Waals surface area contributed by atoms with Crippen molar-refractivity contribution in [3.05, 3.63) is 45.1 Å². The zero-order chi connectivity index (χ0) is 24.3. The van der Waals surface area contributed by atoms with E-state index in [4.69, 9.17) is 27.9 Å². The number of carbonyl (C=O) groups is 3. The van der Waals surface area contributed by atoms with E-state index in [1.165, 1.54) is 4.90 Å². The van der Waals surface area contributed by atoms with Crippen molar-refractivity contribution in [1.29, 1.82) is 0 Å². The maximum atomic E-state index is 13.1. The van der Waals surface area contributed by atoms with Crippen LogP contribution in [0.25, 0.3) is 0 Å². The Bertz CT molecular complexity index is 958. The number of esters is 1. The lowest BCUT2D eigenvalue weighted by Gasteiger charge is -2.40. The number of amides is 3. The van der Waals surface area contributed by atoms with Gasteiger partial charge in [0.05, 0.1) is 28.3 Å². The highest BCUT2D eigenvalue weighted by Crippen LogP contribution is 2.37. The molecule has 0 saturated carbocycles. The van der Waals surface area contributed by atoms with Crippen molar-refractivity contribution in [3.63, 3.8) is 0 Å². The second-order valence-corrected chi connectivity index (χ2v) is 9.21. The largest absolute Gasteiger partial charge is 0.463 e. The van der Waals surface area contributed by atoms with E-state index in [2.05, 4.69) is 10.2 Å². The van der Waals surface area contributed by atoms with Crippen molar-refractivity contribution in [3.8, 4) is 0 Å². The summed E-state index contributed by atoms with van der Waals surface area (Å²) in [6.07, 6.45) is 0. The van der Waals surface area contributed by atoms with Gasteiger partial charge in [-0.1, -0.05) is 49.2 Å². The van der Waals surface area contributed by atoms with E-state index >= 15 is 0 Å². The molecule has 2 heterocycles. The molecular formula is C23H30Cl2N4O4. The fourth-order valence-electron chi connectivity index (χ4n) is 4.08. The van der Waals surface area contributed by atoms with E-state index in [0.717, 1.165) is 0 Å². The molecule has 0 bridgehead atoms. The van der Waals surface area contributed by atoms with Crippen molar-refractivity contribution in [2.75, 3.05) is 46.4 Å². The smallest absolute Gasteiger partial charge is 0.338 e. The molecule has 1 aromatic carbocycles. The molecule has 8 nitrogen and oxygen atoms in total. The minimum Gasteiger partial charge on any atom is -0.463 e. The van der Waals surface area contributed by atoms with Gasteiger partial charge in [-0.05, 0) is 18.6 Å². The molecule has 2 aliphatic rings. The molecule has 0 spiro atoms. The summed E-state index contributed by atoms with van der Waals surface area (Å²) >= 11 is 12.7. The van der Waals surface area contributed by atoms with E-state index < -0.39 is 12.0 Å². The molecule has 33 heavy (non-hydrogen) atoms. The minimum absolute atomic E-state index is 0.0500. The van der Waals surface area contributed by atoms with Crippen LogP contribution in [0.3, 0.4) is 0 Å². The van der Waals surface area contributed by atoms with Crippen LogP contribution in [0.2, 0.25) is 10.0 Å². The van der Waals surface area contributed by atoms with E-state index in [-0.39, 0.29) is 29.5 Å². The molecule has 2 aliphatic heterocycles. The predicted molar refractivity (Wildman–Crippen MR) is 127 cm³/mol. The van der Waals surface area contributed by atoms with Crippen LogP contribution in [-0.2, 0) is 14.3 Å². The van der Waals surface area contributed by atoms with Crippen molar-refractivity contribution in [2.45, 2.75) is 26.8 Å². The molecule has 10 heteroatoms. The number of hydrogen-bond donors (Lipinski definition) is 1. The summed E-state index contributed by atoms with van der Waals surface area (Å²) in [5.74, 6) is -0.439. The molecule has 0 aliphatic carbocycles. The van der Waals surface area contributed by atoms with E-state index in [9.17, 15) is 14.4 Å². The number of piperazine rings is 1. The number of nitrogens with one attached hydrogen (secondary N) is 1. The number of hydrogen-bond acceptors (Lipinski definition) is 5. The lowest BCUT2D eigenvalue weighted by molar-refractivity contribution is -0.139. The number of halogens is 2. The number of likely N-dealkylation sites (N-methyl/N-ethyl adjacent to an activating group) is 1. The Labute approximate surface area is 204 Å². The van der Waals surface area contributed by atoms with Gasteiger partial charge in [0, 0.05) is 51.4 Å². The summed E-state index contributed by atoms with van der Waals surface area (Å²) in [7, 11) is 1.62. The molecule has 1 saturated heterocycles. The van der Waals surface area contributed by atoms with Gasteiger partial charge in [0.2, 0.25) is 5.91 Å². The van der Waals surface area contributed by atoms with Gasteiger partial charge >= 0.3 is 12.0 Å². The van der Waals surface area contributed by atoms with Crippen molar-refractivity contribution in [2.24, 2.45) is 5.92 Å². The zero-order valence-corrected chi connectivity index (χ0v) is 20.9. The lowest BCUT2D eigenvalue weighted by atomic mass is 9.94.